The third kappa shape index (κ3) is 2.33. The molecule has 128 valence electrons. The van der Waals surface area contributed by atoms with Crippen molar-refractivity contribution in [1.82, 2.24) is 10.3 Å². The van der Waals surface area contributed by atoms with Gasteiger partial charge in [-0.25, -0.2) is 4.39 Å². The molecule has 1 aromatic carbocycles. The lowest BCUT2D eigenvalue weighted by molar-refractivity contribution is 0.0926. The first-order valence-corrected chi connectivity index (χ1v) is 8.90. The van der Waals surface area contributed by atoms with Crippen LogP contribution in [-0.2, 0) is 5.54 Å². The largest absolute Gasteiger partial charge is 0.383 e. The molecule has 2 N–H and O–H groups in total. The fourth-order valence-electron chi connectivity index (χ4n) is 4.10. The number of pyridine rings is 1. The highest BCUT2D eigenvalue weighted by molar-refractivity contribution is 5.95. The van der Waals surface area contributed by atoms with Crippen molar-refractivity contribution in [3.05, 3.63) is 59.2 Å². The van der Waals surface area contributed by atoms with E-state index in [1.807, 2.05) is 6.07 Å². The van der Waals surface area contributed by atoms with Gasteiger partial charge in [0.1, 0.15) is 5.82 Å². The number of nitrogens with zero attached hydrogens (tertiary/aromatic N) is 1. The lowest BCUT2D eigenvalue weighted by atomic mass is 10.0. The minimum atomic E-state index is -0.400. The minimum absolute atomic E-state index is 0.175. The molecule has 0 bridgehead atoms. The molecule has 2 heterocycles. The Bertz CT molecular complexity index is 866. The molecule has 0 saturated heterocycles. The van der Waals surface area contributed by atoms with Crippen LogP contribution in [0.15, 0.2) is 36.4 Å². The Balaban J connectivity index is 1.44. The first-order chi connectivity index (χ1) is 12.1. The summed E-state index contributed by atoms with van der Waals surface area (Å²) in [6.45, 7) is 3.17. The van der Waals surface area contributed by atoms with Gasteiger partial charge in [-0.1, -0.05) is 6.92 Å². The third-order valence-corrected chi connectivity index (χ3v) is 5.96. The molecule has 1 amide bonds. The molecule has 2 unspecified atom stereocenters. The van der Waals surface area contributed by atoms with Crippen molar-refractivity contribution in [3.8, 4) is 0 Å². The molecule has 1 aromatic heterocycles. The highest BCUT2D eigenvalue weighted by Crippen LogP contribution is 2.55. The maximum Gasteiger partial charge on any atom is 0.252 e. The third-order valence-electron chi connectivity index (χ3n) is 5.96. The molecule has 5 heteroatoms. The van der Waals surface area contributed by atoms with Gasteiger partial charge >= 0.3 is 0 Å². The van der Waals surface area contributed by atoms with Crippen LogP contribution in [-0.4, -0.2) is 17.4 Å². The molecule has 2 saturated carbocycles. The van der Waals surface area contributed by atoms with Gasteiger partial charge in [0.25, 0.3) is 5.91 Å². The van der Waals surface area contributed by atoms with Crippen LogP contribution in [0.4, 0.5) is 10.1 Å². The van der Waals surface area contributed by atoms with Gasteiger partial charge in [-0.2, -0.15) is 0 Å². The molecule has 0 radical (unpaired) electrons. The van der Waals surface area contributed by atoms with Gasteiger partial charge in [0.2, 0.25) is 0 Å². The van der Waals surface area contributed by atoms with E-state index in [0.29, 0.717) is 17.4 Å². The summed E-state index contributed by atoms with van der Waals surface area (Å²) in [4.78, 5) is 17.6. The molecule has 1 aliphatic heterocycles. The molecule has 2 aliphatic carbocycles. The molecule has 0 spiro atoms. The van der Waals surface area contributed by atoms with Crippen LogP contribution in [0.25, 0.3) is 0 Å². The number of hydrogen-bond donors (Lipinski definition) is 2. The van der Waals surface area contributed by atoms with Crippen molar-refractivity contribution in [3.63, 3.8) is 0 Å². The Labute approximate surface area is 145 Å². The van der Waals surface area contributed by atoms with E-state index in [2.05, 4.69) is 23.6 Å². The van der Waals surface area contributed by atoms with E-state index < -0.39 is 5.54 Å². The number of amides is 1. The number of carbonyl (C=O) groups is 1. The average molecular weight is 337 g/mol. The number of aromatic nitrogens is 1. The maximum absolute atomic E-state index is 13.1. The highest BCUT2D eigenvalue weighted by atomic mass is 19.1. The fourth-order valence-corrected chi connectivity index (χ4v) is 4.10. The SMILES string of the molecule is C[C@H]1C[C@@]1(NC(=O)c1ccc(F)cc1)c1ccc2c(n1)C1CC1CN2. The van der Waals surface area contributed by atoms with Crippen LogP contribution in [0.3, 0.4) is 0 Å². The van der Waals surface area contributed by atoms with Crippen molar-refractivity contribution in [2.24, 2.45) is 11.8 Å². The van der Waals surface area contributed by atoms with Crippen LogP contribution in [0.1, 0.15) is 47.4 Å². The second kappa shape index (κ2) is 5.04. The number of benzene rings is 1. The van der Waals surface area contributed by atoms with Crippen molar-refractivity contribution < 1.29 is 9.18 Å². The van der Waals surface area contributed by atoms with Crippen molar-refractivity contribution in [2.45, 2.75) is 31.2 Å². The number of rotatable bonds is 3. The van der Waals surface area contributed by atoms with Gasteiger partial charge in [0.05, 0.1) is 22.6 Å². The average Bonchev–Trinajstić information content (AvgIpc) is 3.51. The van der Waals surface area contributed by atoms with E-state index in [-0.39, 0.29) is 11.7 Å². The number of nitrogens with one attached hydrogen (secondary N) is 2. The summed E-state index contributed by atoms with van der Waals surface area (Å²) in [7, 11) is 0. The summed E-state index contributed by atoms with van der Waals surface area (Å²) in [5.74, 6) is 1.13. The lowest BCUT2D eigenvalue weighted by Crippen LogP contribution is -2.37. The van der Waals surface area contributed by atoms with E-state index in [9.17, 15) is 9.18 Å². The zero-order valence-corrected chi connectivity index (χ0v) is 14.1. The van der Waals surface area contributed by atoms with Crippen molar-refractivity contribution in [1.29, 1.82) is 0 Å². The number of halogens is 1. The zero-order valence-electron chi connectivity index (χ0n) is 14.1. The topological polar surface area (TPSA) is 54.0 Å². The summed E-state index contributed by atoms with van der Waals surface area (Å²) in [6.07, 6.45) is 2.09. The molecule has 3 aliphatic rings. The molecular formula is C20H20FN3O. The Hall–Kier alpha value is -2.43. The van der Waals surface area contributed by atoms with Gasteiger partial charge in [0.15, 0.2) is 0 Å². The Kier molecular flexibility index (Phi) is 3.00. The van der Waals surface area contributed by atoms with Gasteiger partial charge in [0, 0.05) is 18.0 Å². The minimum Gasteiger partial charge on any atom is -0.383 e. The predicted molar refractivity (Wildman–Crippen MR) is 92.9 cm³/mol. The van der Waals surface area contributed by atoms with Crippen LogP contribution >= 0.6 is 0 Å². The smallest absolute Gasteiger partial charge is 0.252 e. The molecule has 2 aromatic rings. The quantitative estimate of drug-likeness (QED) is 0.902. The number of fused-ring (bicyclic) bond motifs is 3. The normalized spacial score (nSPS) is 31.4. The van der Waals surface area contributed by atoms with Crippen molar-refractivity contribution >= 4 is 11.6 Å². The Morgan fingerprint density at radius 1 is 1.28 bits per heavy atom. The molecule has 25 heavy (non-hydrogen) atoms. The van der Waals surface area contributed by atoms with Gasteiger partial charge in [-0.15, -0.1) is 0 Å². The van der Waals surface area contributed by atoms with Gasteiger partial charge in [-0.3, -0.25) is 9.78 Å². The Morgan fingerprint density at radius 3 is 2.76 bits per heavy atom. The summed E-state index contributed by atoms with van der Waals surface area (Å²) in [5.41, 5.74) is 3.31. The van der Waals surface area contributed by atoms with Crippen LogP contribution in [0.5, 0.6) is 0 Å². The van der Waals surface area contributed by atoms with E-state index in [1.54, 1.807) is 0 Å². The maximum atomic E-state index is 13.1. The molecule has 4 nitrogen and oxygen atoms in total. The van der Waals surface area contributed by atoms with Gasteiger partial charge < -0.3 is 10.6 Å². The van der Waals surface area contributed by atoms with Crippen LogP contribution < -0.4 is 10.6 Å². The van der Waals surface area contributed by atoms with Crippen LogP contribution in [0.2, 0.25) is 0 Å². The Morgan fingerprint density at radius 2 is 2.04 bits per heavy atom. The van der Waals surface area contributed by atoms with E-state index in [4.69, 9.17) is 4.98 Å². The summed E-state index contributed by atoms with van der Waals surface area (Å²) in [5, 5.41) is 6.61. The summed E-state index contributed by atoms with van der Waals surface area (Å²) in [6, 6.07) is 9.79. The standard InChI is InChI=1S/C20H20FN3O/c1-11-9-20(11,24-19(25)12-2-4-14(21)5-3-12)17-7-6-16-18(23-17)15-8-13(15)10-22-16/h2-7,11,13,15,22H,8-10H2,1H3,(H,24,25)/t11-,13?,15?,20-/m0/s1. The molecular weight excluding hydrogens is 317 g/mol. The molecule has 5 rings (SSSR count). The summed E-state index contributed by atoms with van der Waals surface area (Å²) >= 11 is 0. The first kappa shape index (κ1) is 14.9. The summed E-state index contributed by atoms with van der Waals surface area (Å²) < 4.78 is 13.1. The molecule has 4 atom stereocenters. The van der Waals surface area contributed by atoms with Crippen LogP contribution in [0, 0.1) is 17.7 Å². The highest BCUT2D eigenvalue weighted by Gasteiger charge is 2.55. The first-order valence-electron chi connectivity index (χ1n) is 8.90. The van der Waals surface area contributed by atoms with Gasteiger partial charge in [-0.05, 0) is 61.1 Å². The fraction of sp³-hybridized carbons (Fsp3) is 0.400. The zero-order chi connectivity index (χ0) is 17.2. The lowest BCUT2D eigenvalue weighted by Gasteiger charge is -2.22. The van der Waals surface area contributed by atoms with E-state index in [0.717, 1.165) is 36.0 Å². The number of anilines is 1. The predicted octanol–water partition coefficient (Wildman–Crippen LogP) is 3.41. The number of hydrogen-bond acceptors (Lipinski definition) is 3. The monoisotopic (exact) mass is 337 g/mol. The second-order valence-corrected chi connectivity index (χ2v) is 7.65. The second-order valence-electron chi connectivity index (χ2n) is 7.65. The number of carbonyl (C=O) groups excluding carboxylic acids is 1. The van der Waals surface area contributed by atoms with E-state index >= 15 is 0 Å². The molecule has 2 fully saturated rings. The van der Waals surface area contributed by atoms with Crippen molar-refractivity contribution in [2.75, 3.05) is 11.9 Å². The van der Waals surface area contributed by atoms with E-state index in [1.165, 1.54) is 30.7 Å².